The first kappa shape index (κ1) is 17.1. The molecule has 126 valence electrons. The summed E-state index contributed by atoms with van der Waals surface area (Å²) in [4.78, 5) is 18.0. The Morgan fingerprint density at radius 3 is 2.29 bits per heavy atom. The van der Waals surface area contributed by atoms with Crippen LogP contribution in [-0.2, 0) is 11.3 Å². The number of aryl methyl sites for hydroxylation is 1. The molecule has 24 heavy (non-hydrogen) atoms. The van der Waals surface area contributed by atoms with Crippen molar-refractivity contribution < 1.29 is 4.79 Å². The predicted molar refractivity (Wildman–Crippen MR) is 100 cm³/mol. The van der Waals surface area contributed by atoms with Gasteiger partial charge in [0, 0.05) is 37.6 Å². The fourth-order valence-corrected chi connectivity index (χ4v) is 3.67. The number of carbonyl (C=O) groups is 1. The van der Waals surface area contributed by atoms with Crippen molar-refractivity contribution in [2.45, 2.75) is 18.4 Å². The fourth-order valence-electron chi connectivity index (χ4n) is 2.87. The summed E-state index contributed by atoms with van der Waals surface area (Å²) in [5.41, 5.74) is 2.59. The van der Waals surface area contributed by atoms with Gasteiger partial charge >= 0.3 is 0 Å². The number of thioether (sulfide) groups is 1. The molecule has 0 N–H and O–H groups in total. The molecule has 1 fully saturated rings. The molecule has 1 aliphatic rings. The van der Waals surface area contributed by atoms with E-state index in [4.69, 9.17) is 0 Å². The molecule has 0 aromatic heterocycles. The van der Waals surface area contributed by atoms with Crippen molar-refractivity contribution in [1.82, 2.24) is 9.80 Å². The van der Waals surface area contributed by atoms with Gasteiger partial charge in [-0.1, -0.05) is 48.0 Å². The number of hydrogen-bond donors (Lipinski definition) is 0. The summed E-state index contributed by atoms with van der Waals surface area (Å²) in [7, 11) is 0. The van der Waals surface area contributed by atoms with Gasteiger partial charge in [-0.2, -0.15) is 0 Å². The Bertz CT molecular complexity index is 649. The Hall–Kier alpha value is -1.78. The van der Waals surface area contributed by atoms with Crippen LogP contribution in [0.4, 0.5) is 0 Å². The second-order valence-electron chi connectivity index (χ2n) is 6.24. The van der Waals surface area contributed by atoms with Crippen LogP contribution < -0.4 is 0 Å². The lowest BCUT2D eigenvalue weighted by Gasteiger charge is -2.34. The zero-order valence-corrected chi connectivity index (χ0v) is 15.0. The average Bonchev–Trinajstić information content (AvgIpc) is 2.62. The Morgan fingerprint density at radius 2 is 1.62 bits per heavy atom. The van der Waals surface area contributed by atoms with E-state index >= 15 is 0 Å². The molecule has 0 aliphatic carbocycles. The molecule has 0 radical (unpaired) electrons. The third-order valence-electron chi connectivity index (χ3n) is 4.36. The van der Waals surface area contributed by atoms with Crippen molar-refractivity contribution in [2.75, 3.05) is 31.9 Å². The maximum Gasteiger partial charge on any atom is 0.233 e. The highest BCUT2D eigenvalue weighted by Gasteiger charge is 2.20. The molecule has 1 heterocycles. The number of piperazine rings is 1. The average molecular weight is 340 g/mol. The SMILES string of the molecule is Cc1ccc(SCC(=O)N2CCN(Cc3ccccc3)CC2)cc1. The molecule has 0 atom stereocenters. The van der Waals surface area contributed by atoms with Gasteiger partial charge in [0.15, 0.2) is 0 Å². The van der Waals surface area contributed by atoms with Crippen molar-refractivity contribution in [1.29, 1.82) is 0 Å². The number of rotatable bonds is 5. The first-order valence-electron chi connectivity index (χ1n) is 8.44. The minimum atomic E-state index is 0.250. The van der Waals surface area contributed by atoms with Crippen LogP contribution in [0.5, 0.6) is 0 Å². The Balaban J connectivity index is 1.42. The fraction of sp³-hybridized carbons (Fsp3) is 0.350. The van der Waals surface area contributed by atoms with Gasteiger partial charge in [0.2, 0.25) is 5.91 Å². The number of benzene rings is 2. The first-order chi connectivity index (χ1) is 11.7. The van der Waals surface area contributed by atoms with E-state index in [2.05, 4.69) is 60.4 Å². The molecule has 1 aliphatic heterocycles. The standard InChI is InChI=1S/C20H24N2OS/c1-17-7-9-19(10-8-17)24-16-20(23)22-13-11-21(12-14-22)15-18-5-3-2-4-6-18/h2-10H,11-16H2,1H3. The van der Waals surface area contributed by atoms with E-state index in [1.807, 2.05) is 11.0 Å². The second-order valence-corrected chi connectivity index (χ2v) is 7.29. The molecule has 1 saturated heterocycles. The van der Waals surface area contributed by atoms with E-state index in [0.717, 1.165) is 37.6 Å². The van der Waals surface area contributed by atoms with Crippen LogP contribution in [0.1, 0.15) is 11.1 Å². The molecule has 0 unspecified atom stereocenters. The molecule has 4 heteroatoms. The van der Waals surface area contributed by atoms with Gasteiger partial charge < -0.3 is 4.90 Å². The third kappa shape index (κ3) is 4.86. The van der Waals surface area contributed by atoms with Crippen molar-refractivity contribution in [3.8, 4) is 0 Å². The summed E-state index contributed by atoms with van der Waals surface area (Å²) in [6.45, 7) is 6.63. The zero-order chi connectivity index (χ0) is 16.8. The van der Waals surface area contributed by atoms with Crippen LogP contribution in [0.2, 0.25) is 0 Å². The minimum absolute atomic E-state index is 0.250. The third-order valence-corrected chi connectivity index (χ3v) is 5.35. The topological polar surface area (TPSA) is 23.6 Å². The Kier molecular flexibility index (Phi) is 5.94. The first-order valence-corrected chi connectivity index (χ1v) is 9.43. The largest absolute Gasteiger partial charge is 0.339 e. The lowest BCUT2D eigenvalue weighted by atomic mass is 10.2. The van der Waals surface area contributed by atoms with E-state index in [-0.39, 0.29) is 5.91 Å². The Labute approximate surface area is 148 Å². The van der Waals surface area contributed by atoms with E-state index in [9.17, 15) is 4.79 Å². The van der Waals surface area contributed by atoms with Crippen molar-refractivity contribution >= 4 is 17.7 Å². The number of amides is 1. The molecule has 3 rings (SSSR count). The lowest BCUT2D eigenvalue weighted by Crippen LogP contribution is -2.48. The molecule has 3 nitrogen and oxygen atoms in total. The van der Waals surface area contributed by atoms with Crippen LogP contribution in [0, 0.1) is 6.92 Å². The van der Waals surface area contributed by atoms with Crippen LogP contribution in [0.15, 0.2) is 59.5 Å². The van der Waals surface area contributed by atoms with Crippen molar-refractivity contribution in [3.05, 3.63) is 65.7 Å². The second kappa shape index (κ2) is 8.36. The quantitative estimate of drug-likeness (QED) is 0.779. The molecular formula is C20H24N2OS. The molecule has 0 saturated carbocycles. The monoisotopic (exact) mass is 340 g/mol. The van der Waals surface area contributed by atoms with Gasteiger partial charge in [0.25, 0.3) is 0 Å². The molecule has 1 amide bonds. The summed E-state index contributed by atoms with van der Waals surface area (Å²) < 4.78 is 0. The summed E-state index contributed by atoms with van der Waals surface area (Å²) in [5.74, 6) is 0.779. The summed E-state index contributed by atoms with van der Waals surface area (Å²) in [6.07, 6.45) is 0. The van der Waals surface area contributed by atoms with Crippen LogP contribution in [0.25, 0.3) is 0 Å². The van der Waals surface area contributed by atoms with Gasteiger partial charge in [-0.25, -0.2) is 0 Å². The van der Waals surface area contributed by atoms with E-state index in [1.54, 1.807) is 11.8 Å². The van der Waals surface area contributed by atoms with Crippen molar-refractivity contribution in [2.24, 2.45) is 0 Å². The van der Waals surface area contributed by atoms with Crippen LogP contribution >= 0.6 is 11.8 Å². The van der Waals surface area contributed by atoms with Crippen LogP contribution in [0.3, 0.4) is 0 Å². The molecule has 2 aromatic carbocycles. The van der Waals surface area contributed by atoms with Gasteiger partial charge in [-0.3, -0.25) is 9.69 Å². The summed E-state index contributed by atoms with van der Waals surface area (Å²) in [6, 6.07) is 18.9. The number of nitrogens with zero attached hydrogens (tertiary/aromatic N) is 2. The Morgan fingerprint density at radius 1 is 0.958 bits per heavy atom. The highest BCUT2D eigenvalue weighted by Crippen LogP contribution is 2.19. The van der Waals surface area contributed by atoms with Crippen molar-refractivity contribution in [3.63, 3.8) is 0 Å². The van der Waals surface area contributed by atoms with Gasteiger partial charge in [-0.15, -0.1) is 11.8 Å². The number of hydrogen-bond acceptors (Lipinski definition) is 3. The summed E-state index contributed by atoms with van der Waals surface area (Å²) in [5, 5.41) is 0. The van der Waals surface area contributed by atoms with E-state index in [0.29, 0.717) is 5.75 Å². The zero-order valence-electron chi connectivity index (χ0n) is 14.1. The van der Waals surface area contributed by atoms with Gasteiger partial charge in [-0.05, 0) is 24.6 Å². The normalized spacial score (nSPS) is 15.5. The van der Waals surface area contributed by atoms with Crippen LogP contribution in [-0.4, -0.2) is 47.6 Å². The maximum atomic E-state index is 12.4. The lowest BCUT2D eigenvalue weighted by molar-refractivity contribution is -0.130. The maximum absolute atomic E-state index is 12.4. The highest BCUT2D eigenvalue weighted by molar-refractivity contribution is 8.00. The summed E-state index contributed by atoms with van der Waals surface area (Å²) >= 11 is 1.63. The highest BCUT2D eigenvalue weighted by atomic mass is 32.2. The molecule has 2 aromatic rings. The van der Waals surface area contributed by atoms with Gasteiger partial charge in [0.05, 0.1) is 5.75 Å². The smallest absolute Gasteiger partial charge is 0.233 e. The van der Waals surface area contributed by atoms with E-state index in [1.165, 1.54) is 11.1 Å². The molecular weight excluding hydrogens is 316 g/mol. The minimum Gasteiger partial charge on any atom is -0.339 e. The molecule has 0 bridgehead atoms. The van der Waals surface area contributed by atoms with Gasteiger partial charge in [0.1, 0.15) is 0 Å². The molecule has 0 spiro atoms. The number of carbonyl (C=O) groups excluding carboxylic acids is 1. The predicted octanol–water partition coefficient (Wildman–Crippen LogP) is 3.43. The van der Waals surface area contributed by atoms with E-state index < -0.39 is 0 Å².